The van der Waals surface area contributed by atoms with E-state index in [1.807, 2.05) is 6.92 Å². The number of nitrogens with zero attached hydrogens (tertiary/aromatic N) is 1. The van der Waals surface area contributed by atoms with E-state index in [-0.39, 0.29) is 17.8 Å². The number of carbonyl (C=O) groups is 2. The molecule has 0 spiro atoms. The second-order valence-electron chi connectivity index (χ2n) is 5.12. The minimum atomic E-state index is -0.393. The normalized spacial score (nSPS) is 21.0. The van der Waals surface area contributed by atoms with E-state index in [0.29, 0.717) is 32.6 Å². The Morgan fingerprint density at radius 1 is 1.37 bits per heavy atom. The third-order valence-corrected chi connectivity index (χ3v) is 3.36. The molecule has 0 aliphatic carbocycles. The van der Waals surface area contributed by atoms with E-state index in [1.54, 1.807) is 18.9 Å². The molecule has 0 N–H and O–H groups in total. The van der Waals surface area contributed by atoms with Crippen LogP contribution < -0.4 is 0 Å². The van der Waals surface area contributed by atoms with Crippen molar-refractivity contribution in [3.63, 3.8) is 0 Å². The maximum Gasteiger partial charge on any atom is 0.328 e. The van der Waals surface area contributed by atoms with Gasteiger partial charge in [-0.1, -0.05) is 6.92 Å². The van der Waals surface area contributed by atoms with Crippen LogP contribution in [0.1, 0.15) is 39.5 Å². The van der Waals surface area contributed by atoms with Gasteiger partial charge >= 0.3 is 5.97 Å². The Labute approximate surface area is 115 Å². The Morgan fingerprint density at radius 2 is 2.11 bits per heavy atom. The molecule has 0 aromatic heterocycles. The van der Waals surface area contributed by atoms with Crippen molar-refractivity contribution in [2.45, 2.75) is 45.6 Å². The van der Waals surface area contributed by atoms with Crippen LogP contribution in [0.5, 0.6) is 0 Å². The van der Waals surface area contributed by atoms with Gasteiger partial charge in [0.05, 0.1) is 6.61 Å². The fourth-order valence-electron chi connectivity index (χ4n) is 2.47. The highest BCUT2D eigenvalue weighted by Crippen LogP contribution is 2.20. The van der Waals surface area contributed by atoms with Crippen LogP contribution in [0.15, 0.2) is 0 Å². The number of rotatable bonds is 6. The van der Waals surface area contributed by atoms with E-state index >= 15 is 0 Å². The van der Waals surface area contributed by atoms with Crippen molar-refractivity contribution in [1.29, 1.82) is 0 Å². The molecule has 1 saturated heterocycles. The molecule has 1 rings (SSSR count). The molecule has 0 radical (unpaired) electrons. The average molecular weight is 271 g/mol. The molecule has 0 bridgehead atoms. The van der Waals surface area contributed by atoms with Gasteiger partial charge in [-0.15, -0.1) is 0 Å². The van der Waals surface area contributed by atoms with Gasteiger partial charge in [0, 0.05) is 26.7 Å². The highest BCUT2D eigenvalue weighted by Gasteiger charge is 2.33. The summed E-state index contributed by atoms with van der Waals surface area (Å²) in [6.45, 7) is 5.33. The molecule has 0 aromatic carbocycles. The Kier molecular flexibility index (Phi) is 6.84. The summed E-state index contributed by atoms with van der Waals surface area (Å²) in [5, 5.41) is 0. The molecule has 1 aliphatic heterocycles. The molecule has 5 heteroatoms. The predicted molar refractivity (Wildman–Crippen MR) is 71.6 cm³/mol. The van der Waals surface area contributed by atoms with Crippen molar-refractivity contribution in [3.05, 3.63) is 0 Å². The molecule has 110 valence electrons. The molecule has 2 unspecified atom stereocenters. The summed E-state index contributed by atoms with van der Waals surface area (Å²) < 4.78 is 10.1. The van der Waals surface area contributed by atoms with E-state index in [1.165, 1.54) is 0 Å². The Balaban J connectivity index is 2.60. The van der Waals surface area contributed by atoms with Gasteiger partial charge in [-0.05, 0) is 32.1 Å². The number of piperidine rings is 1. The number of methoxy groups -OCH3 is 1. The molecular weight excluding hydrogens is 246 g/mol. The lowest BCUT2D eigenvalue weighted by molar-refractivity contribution is -0.157. The predicted octanol–water partition coefficient (Wildman–Crippen LogP) is 1.60. The maximum atomic E-state index is 12.3. The number of esters is 1. The molecule has 19 heavy (non-hydrogen) atoms. The first-order chi connectivity index (χ1) is 9.10. The summed E-state index contributed by atoms with van der Waals surface area (Å²) in [5.74, 6) is -0.0699. The molecule has 1 aliphatic rings. The molecular formula is C14H25NO4. The maximum absolute atomic E-state index is 12.3. The number of hydrogen-bond acceptors (Lipinski definition) is 4. The van der Waals surface area contributed by atoms with Gasteiger partial charge in [0.25, 0.3) is 0 Å². The van der Waals surface area contributed by atoms with Gasteiger partial charge in [0.15, 0.2) is 0 Å². The first kappa shape index (κ1) is 16.0. The minimum absolute atomic E-state index is 0.0299. The Bertz CT molecular complexity index is 306. The standard InChI is InChI=1S/C14H25NO4/c1-4-19-14(17)12-7-5-6-8-15(12)13(16)9-11(2)10-18-3/h11-12H,4-10H2,1-3H3. The van der Waals surface area contributed by atoms with Gasteiger partial charge in [-0.3, -0.25) is 4.79 Å². The van der Waals surface area contributed by atoms with Crippen molar-refractivity contribution in [2.24, 2.45) is 5.92 Å². The lowest BCUT2D eigenvalue weighted by Gasteiger charge is -2.34. The van der Waals surface area contributed by atoms with Crippen molar-refractivity contribution in [3.8, 4) is 0 Å². The number of carbonyl (C=O) groups excluding carboxylic acids is 2. The minimum Gasteiger partial charge on any atom is -0.464 e. The van der Waals surface area contributed by atoms with Crippen LogP contribution in [-0.2, 0) is 19.1 Å². The summed E-state index contributed by atoms with van der Waals surface area (Å²) in [4.78, 5) is 25.8. The van der Waals surface area contributed by atoms with Crippen LogP contribution in [-0.4, -0.2) is 49.7 Å². The summed E-state index contributed by atoms with van der Waals surface area (Å²) >= 11 is 0. The van der Waals surface area contributed by atoms with E-state index in [9.17, 15) is 9.59 Å². The topological polar surface area (TPSA) is 55.8 Å². The fraction of sp³-hybridized carbons (Fsp3) is 0.857. The lowest BCUT2D eigenvalue weighted by atomic mass is 10.00. The molecule has 5 nitrogen and oxygen atoms in total. The van der Waals surface area contributed by atoms with E-state index in [4.69, 9.17) is 9.47 Å². The van der Waals surface area contributed by atoms with E-state index in [2.05, 4.69) is 0 Å². The van der Waals surface area contributed by atoms with Crippen molar-refractivity contribution in [1.82, 2.24) is 4.90 Å². The molecule has 1 heterocycles. The van der Waals surface area contributed by atoms with Gasteiger partial charge in [-0.2, -0.15) is 0 Å². The number of amides is 1. The second-order valence-corrected chi connectivity index (χ2v) is 5.12. The summed E-state index contributed by atoms with van der Waals surface area (Å²) in [7, 11) is 1.63. The summed E-state index contributed by atoms with van der Waals surface area (Å²) in [5.41, 5.74) is 0. The lowest BCUT2D eigenvalue weighted by Crippen LogP contribution is -2.49. The third-order valence-electron chi connectivity index (χ3n) is 3.36. The Hall–Kier alpha value is -1.10. The van der Waals surface area contributed by atoms with Gasteiger partial charge < -0.3 is 14.4 Å². The van der Waals surface area contributed by atoms with Crippen LogP contribution in [0, 0.1) is 5.92 Å². The van der Waals surface area contributed by atoms with Crippen molar-refractivity contribution in [2.75, 3.05) is 26.9 Å². The zero-order valence-corrected chi connectivity index (χ0v) is 12.2. The first-order valence-corrected chi connectivity index (χ1v) is 7.05. The fourth-order valence-corrected chi connectivity index (χ4v) is 2.47. The van der Waals surface area contributed by atoms with Crippen LogP contribution in [0.3, 0.4) is 0 Å². The number of ether oxygens (including phenoxy) is 2. The molecule has 1 amide bonds. The van der Waals surface area contributed by atoms with Gasteiger partial charge in [-0.25, -0.2) is 4.79 Å². The average Bonchev–Trinajstić information content (AvgIpc) is 2.39. The summed E-state index contributed by atoms with van der Waals surface area (Å²) in [6.07, 6.45) is 3.06. The van der Waals surface area contributed by atoms with Crippen molar-refractivity contribution >= 4 is 11.9 Å². The highest BCUT2D eigenvalue weighted by molar-refractivity contribution is 5.84. The molecule has 1 fully saturated rings. The molecule has 2 atom stereocenters. The van der Waals surface area contributed by atoms with Crippen molar-refractivity contribution < 1.29 is 19.1 Å². The SMILES string of the molecule is CCOC(=O)C1CCCCN1C(=O)CC(C)COC. The first-order valence-electron chi connectivity index (χ1n) is 7.05. The third kappa shape index (κ3) is 4.82. The largest absolute Gasteiger partial charge is 0.464 e. The van der Waals surface area contributed by atoms with Gasteiger partial charge in [0.1, 0.15) is 6.04 Å². The smallest absolute Gasteiger partial charge is 0.328 e. The van der Waals surface area contributed by atoms with Crippen LogP contribution >= 0.6 is 0 Å². The Morgan fingerprint density at radius 3 is 2.74 bits per heavy atom. The monoisotopic (exact) mass is 271 g/mol. The second kappa shape index (κ2) is 8.15. The quantitative estimate of drug-likeness (QED) is 0.689. The van der Waals surface area contributed by atoms with Crippen LogP contribution in [0.4, 0.5) is 0 Å². The van der Waals surface area contributed by atoms with E-state index < -0.39 is 6.04 Å². The van der Waals surface area contributed by atoms with Crippen LogP contribution in [0.2, 0.25) is 0 Å². The van der Waals surface area contributed by atoms with Gasteiger partial charge in [0.2, 0.25) is 5.91 Å². The van der Waals surface area contributed by atoms with Crippen LogP contribution in [0.25, 0.3) is 0 Å². The highest BCUT2D eigenvalue weighted by atomic mass is 16.5. The summed E-state index contributed by atoms with van der Waals surface area (Å²) in [6, 6.07) is -0.393. The number of likely N-dealkylation sites (tertiary alicyclic amines) is 1. The zero-order valence-electron chi connectivity index (χ0n) is 12.2. The molecule has 0 saturated carbocycles. The zero-order chi connectivity index (χ0) is 14.3. The number of hydrogen-bond donors (Lipinski definition) is 0. The van der Waals surface area contributed by atoms with E-state index in [0.717, 1.165) is 12.8 Å². The molecule has 0 aromatic rings.